The lowest BCUT2D eigenvalue weighted by Crippen LogP contribution is -2.59. The van der Waals surface area contributed by atoms with E-state index in [-0.39, 0.29) is 50.9 Å². The first-order valence-electron chi connectivity index (χ1n) is 11.9. The van der Waals surface area contributed by atoms with E-state index in [1.807, 2.05) is 0 Å². The Morgan fingerprint density at radius 2 is 1.95 bits per heavy atom. The summed E-state index contributed by atoms with van der Waals surface area (Å²) in [5, 5.41) is 7.64. The van der Waals surface area contributed by atoms with Crippen molar-refractivity contribution in [3.05, 3.63) is 45.5 Å². The summed E-state index contributed by atoms with van der Waals surface area (Å²) >= 11 is 0. The van der Waals surface area contributed by atoms with Gasteiger partial charge in [0.2, 0.25) is 11.8 Å². The number of hydrogen-bond acceptors (Lipinski definition) is 7. The Morgan fingerprint density at radius 1 is 1.21 bits per heavy atom. The van der Waals surface area contributed by atoms with Gasteiger partial charge in [0, 0.05) is 18.8 Å². The number of piperazine rings is 1. The number of carbonyl (C=O) groups excluding carboxylic acids is 2. The molecule has 1 fully saturated rings. The van der Waals surface area contributed by atoms with E-state index in [1.54, 1.807) is 5.10 Å². The molecule has 2 aliphatic heterocycles. The van der Waals surface area contributed by atoms with Gasteiger partial charge in [0.05, 0.1) is 43.1 Å². The highest BCUT2D eigenvalue weighted by Gasteiger charge is 2.41. The van der Waals surface area contributed by atoms with Crippen molar-refractivity contribution in [1.29, 1.82) is 0 Å². The van der Waals surface area contributed by atoms with Crippen LogP contribution in [0.2, 0.25) is 0 Å². The molecule has 1 saturated heterocycles. The van der Waals surface area contributed by atoms with Crippen molar-refractivity contribution < 1.29 is 40.7 Å². The molecule has 0 bridgehead atoms. The molecule has 2 atom stereocenters. The Kier molecular flexibility index (Phi) is 7.86. The Balaban J connectivity index is 1.28. The molecule has 0 saturated carbocycles. The number of amides is 2. The molecule has 1 unspecified atom stereocenters. The third-order valence-electron chi connectivity index (χ3n) is 6.36. The Labute approximate surface area is 217 Å². The summed E-state index contributed by atoms with van der Waals surface area (Å²) in [6.07, 6.45) is -7.37. The van der Waals surface area contributed by atoms with E-state index in [1.165, 1.54) is 16.7 Å². The molecule has 212 valence electrons. The molecule has 2 amide bonds. The quantitative estimate of drug-likeness (QED) is 0.393. The number of halogens is 6. The van der Waals surface area contributed by atoms with Crippen LogP contribution in [0.1, 0.15) is 36.5 Å². The fourth-order valence-corrected chi connectivity index (χ4v) is 4.60. The highest BCUT2D eigenvalue weighted by molar-refractivity contribution is 5.98. The van der Waals surface area contributed by atoms with E-state index in [0.29, 0.717) is 18.2 Å². The van der Waals surface area contributed by atoms with E-state index in [4.69, 9.17) is 4.74 Å². The molecule has 10 nitrogen and oxygen atoms in total. The van der Waals surface area contributed by atoms with Crippen molar-refractivity contribution >= 4 is 23.3 Å². The van der Waals surface area contributed by atoms with E-state index in [0.717, 1.165) is 12.3 Å². The molecule has 2 aliphatic rings. The molecule has 0 radical (unpaired) electrons. The number of carbonyl (C=O) groups is 2. The molecule has 39 heavy (non-hydrogen) atoms. The molecular weight excluding hydrogens is 538 g/mol. The molecule has 0 spiro atoms. The summed E-state index contributed by atoms with van der Waals surface area (Å²) in [6, 6.07) is -0.0996. The van der Waals surface area contributed by atoms with Crippen molar-refractivity contribution in [1.82, 2.24) is 20.1 Å². The minimum Gasteiger partial charge on any atom is -0.379 e. The second kappa shape index (κ2) is 10.8. The number of nitrogens with one attached hydrogen (secondary N) is 2. The fraction of sp³-hybridized carbons (Fsp3) is 0.522. The number of aryl methyl sites for hydroxylation is 1. The van der Waals surface area contributed by atoms with E-state index in [2.05, 4.69) is 15.4 Å². The molecule has 2 aromatic heterocycles. The minimum absolute atomic E-state index is 0.0751. The number of H-pyrrole nitrogens is 1. The number of aromatic amines is 1. The van der Waals surface area contributed by atoms with Crippen LogP contribution < -0.4 is 15.8 Å². The monoisotopic (exact) mass is 562 g/mol. The van der Waals surface area contributed by atoms with Crippen LogP contribution in [0.5, 0.6) is 0 Å². The summed E-state index contributed by atoms with van der Waals surface area (Å²) in [4.78, 5) is 43.7. The fourth-order valence-electron chi connectivity index (χ4n) is 4.60. The van der Waals surface area contributed by atoms with E-state index in [9.17, 15) is 40.7 Å². The van der Waals surface area contributed by atoms with Crippen LogP contribution in [0.3, 0.4) is 0 Å². The summed E-state index contributed by atoms with van der Waals surface area (Å²) in [5.74, 6) is -0.670. The normalized spacial score (nSPS) is 18.4. The van der Waals surface area contributed by atoms with Crippen LogP contribution in [0, 0.1) is 0 Å². The second-order valence-corrected chi connectivity index (χ2v) is 9.29. The average molecular weight is 562 g/mol. The summed E-state index contributed by atoms with van der Waals surface area (Å²) < 4.78 is 83.9. The van der Waals surface area contributed by atoms with Gasteiger partial charge in [-0.1, -0.05) is 0 Å². The van der Waals surface area contributed by atoms with Gasteiger partial charge < -0.3 is 15.0 Å². The standard InChI is InChI=1S/C23H24F6N6O4/c1-12(32-16-8-31-33-21(38)19(16)23(27,28)29)11-39-5-4-17(36)34-9-15-3-2-13-6-14(22(24,25)26)7-30-20(13)35(15)18(37)10-34/h6-8,12,15H,2-5,9-11H2,1H3,(H2,32,33,38)/t12-,15?/m0/s1. The van der Waals surface area contributed by atoms with Crippen molar-refractivity contribution in [2.24, 2.45) is 0 Å². The molecule has 2 N–H and O–H groups in total. The number of rotatable bonds is 7. The van der Waals surface area contributed by atoms with Crippen LogP contribution in [-0.4, -0.2) is 70.3 Å². The maximum absolute atomic E-state index is 13.2. The first-order chi connectivity index (χ1) is 18.3. The van der Waals surface area contributed by atoms with E-state index < -0.39 is 52.7 Å². The number of pyridine rings is 1. The second-order valence-electron chi connectivity index (χ2n) is 9.29. The number of nitrogens with zero attached hydrogens (tertiary/aromatic N) is 4. The van der Waals surface area contributed by atoms with Gasteiger partial charge in [-0.3, -0.25) is 19.3 Å². The van der Waals surface area contributed by atoms with Gasteiger partial charge in [-0.05, 0) is 31.4 Å². The highest BCUT2D eigenvalue weighted by Crippen LogP contribution is 2.36. The van der Waals surface area contributed by atoms with Crippen LogP contribution in [-0.2, 0) is 33.1 Å². The van der Waals surface area contributed by atoms with Crippen molar-refractivity contribution in [3.63, 3.8) is 0 Å². The predicted octanol–water partition coefficient (Wildman–Crippen LogP) is 2.60. The van der Waals surface area contributed by atoms with Crippen molar-refractivity contribution in [2.45, 2.75) is 50.6 Å². The van der Waals surface area contributed by atoms with Gasteiger partial charge in [0.15, 0.2) is 0 Å². The number of fused-ring (bicyclic) bond motifs is 3. The SMILES string of the molecule is C[C@@H](COCCC(=O)N1CC(=O)N2c3ncc(C(F)(F)F)cc3CCC2C1)Nc1cn[nH]c(=O)c1C(F)(F)F. The van der Waals surface area contributed by atoms with E-state index >= 15 is 0 Å². The van der Waals surface area contributed by atoms with Gasteiger partial charge in [0.25, 0.3) is 5.56 Å². The molecule has 0 aromatic carbocycles. The van der Waals surface area contributed by atoms with Crippen molar-refractivity contribution in [3.8, 4) is 0 Å². The number of alkyl halides is 6. The third kappa shape index (κ3) is 6.32. The first kappa shape index (κ1) is 28.3. The summed E-state index contributed by atoms with van der Waals surface area (Å²) in [5.41, 5.74) is -3.87. The minimum atomic E-state index is -4.89. The highest BCUT2D eigenvalue weighted by atomic mass is 19.4. The van der Waals surface area contributed by atoms with Gasteiger partial charge in [-0.25, -0.2) is 10.1 Å². The lowest BCUT2D eigenvalue weighted by Gasteiger charge is -2.43. The Hall–Kier alpha value is -3.69. The Bertz CT molecular complexity index is 1300. The first-order valence-corrected chi connectivity index (χ1v) is 11.9. The number of ether oxygens (including phenoxy) is 1. The molecule has 4 rings (SSSR count). The third-order valence-corrected chi connectivity index (χ3v) is 6.36. The van der Waals surface area contributed by atoms with Crippen molar-refractivity contribution in [2.75, 3.05) is 36.5 Å². The van der Waals surface area contributed by atoms with Crippen LogP contribution in [0.4, 0.5) is 37.8 Å². The zero-order chi connectivity index (χ0) is 28.5. The van der Waals surface area contributed by atoms with Crippen LogP contribution >= 0.6 is 0 Å². The smallest absolute Gasteiger partial charge is 0.379 e. The summed E-state index contributed by atoms with van der Waals surface area (Å²) in [6.45, 7) is 1.27. The zero-order valence-electron chi connectivity index (χ0n) is 20.5. The van der Waals surface area contributed by atoms with Crippen LogP contribution in [0.15, 0.2) is 23.3 Å². The molecule has 0 aliphatic carbocycles. The molecule has 2 aromatic rings. The number of anilines is 2. The lowest BCUT2D eigenvalue weighted by molar-refractivity contribution is -0.139. The van der Waals surface area contributed by atoms with Gasteiger partial charge in [0.1, 0.15) is 17.9 Å². The van der Waals surface area contributed by atoms with Gasteiger partial charge >= 0.3 is 12.4 Å². The topological polar surface area (TPSA) is 121 Å². The number of hydrogen-bond donors (Lipinski definition) is 2. The number of aromatic nitrogens is 3. The maximum Gasteiger partial charge on any atom is 0.423 e. The summed E-state index contributed by atoms with van der Waals surface area (Å²) in [7, 11) is 0. The average Bonchev–Trinajstić information content (AvgIpc) is 2.84. The molecule has 4 heterocycles. The predicted molar refractivity (Wildman–Crippen MR) is 124 cm³/mol. The maximum atomic E-state index is 13.2. The largest absolute Gasteiger partial charge is 0.423 e. The molecular formula is C23H24F6N6O4. The van der Waals surface area contributed by atoms with Gasteiger partial charge in [-0.15, -0.1) is 0 Å². The molecule has 16 heteroatoms. The Morgan fingerprint density at radius 3 is 2.64 bits per heavy atom. The zero-order valence-corrected chi connectivity index (χ0v) is 20.5. The van der Waals surface area contributed by atoms with Crippen LogP contribution in [0.25, 0.3) is 0 Å². The lowest BCUT2D eigenvalue weighted by atomic mass is 9.95. The van der Waals surface area contributed by atoms with Gasteiger partial charge in [-0.2, -0.15) is 31.4 Å².